The third-order valence-electron chi connectivity index (χ3n) is 5.77. The fourth-order valence-electron chi connectivity index (χ4n) is 4.56. The Hall–Kier alpha value is -1.48. The molecular formula is C21H29ClN3+. The van der Waals surface area contributed by atoms with Gasteiger partial charge in [0, 0.05) is 36.3 Å². The van der Waals surface area contributed by atoms with Crippen LogP contribution in [-0.4, -0.2) is 47.0 Å². The number of nitrogens with zero attached hydrogens (tertiary/aromatic N) is 3. The van der Waals surface area contributed by atoms with Crippen molar-refractivity contribution in [3.8, 4) is 0 Å². The highest BCUT2D eigenvalue weighted by Gasteiger charge is 2.44. The number of benzene rings is 1. The Morgan fingerprint density at radius 2 is 1.60 bits per heavy atom. The summed E-state index contributed by atoms with van der Waals surface area (Å²) in [5, 5.41) is 0.801. The lowest BCUT2D eigenvalue weighted by Crippen LogP contribution is -2.54. The quantitative estimate of drug-likeness (QED) is 0.719. The molecule has 0 aromatic heterocycles. The zero-order valence-corrected chi connectivity index (χ0v) is 16.2. The third kappa shape index (κ3) is 3.31. The van der Waals surface area contributed by atoms with Crippen molar-refractivity contribution in [2.24, 2.45) is 0 Å². The number of rotatable bonds is 2. The van der Waals surface area contributed by atoms with Crippen LogP contribution >= 0.6 is 11.6 Å². The van der Waals surface area contributed by atoms with Crippen LogP contribution < -0.4 is 4.90 Å². The van der Waals surface area contributed by atoms with E-state index in [0.717, 1.165) is 11.4 Å². The van der Waals surface area contributed by atoms with Crippen molar-refractivity contribution < 1.29 is 4.58 Å². The van der Waals surface area contributed by atoms with Crippen molar-refractivity contribution in [2.45, 2.75) is 51.5 Å². The largest absolute Gasteiger partial charge is 0.374 e. The van der Waals surface area contributed by atoms with Crippen LogP contribution in [0.2, 0.25) is 5.02 Å². The number of halogens is 1. The maximum atomic E-state index is 6.14. The Labute approximate surface area is 156 Å². The molecule has 0 bridgehead atoms. The van der Waals surface area contributed by atoms with Gasteiger partial charge in [0.1, 0.15) is 11.2 Å². The molecule has 25 heavy (non-hydrogen) atoms. The summed E-state index contributed by atoms with van der Waals surface area (Å²) in [5.41, 5.74) is 2.82. The molecule has 0 unspecified atom stereocenters. The summed E-state index contributed by atoms with van der Waals surface area (Å²) in [6.07, 6.45) is 8.81. The van der Waals surface area contributed by atoms with E-state index >= 15 is 0 Å². The monoisotopic (exact) mass is 358 g/mol. The van der Waals surface area contributed by atoms with E-state index < -0.39 is 0 Å². The topological polar surface area (TPSA) is 9.49 Å². The number of amidine groups is 1. The van der Waals surface area contributed by atoms with Crippen LogP contribution in [0.1, 0.15) is 46.0 Å². The van der Waals surface area contributed by atoms with E-state index in [1.165, 1.54) is 69.1 Å². The van der Waals surface area contributed by atoms with Crippen molar-refractivity contribution in [3.63, 3.8) is 0 Å². The summed E-state index contributed by atoms with van der Waals surface area (Å²) in [5.74, 6) is 1.37. The van der Waals surface area contributed by atoms with Gasteiger partial charge in [-0.05, 0) is 63.8 Å². The van der Waals surface area contributed by atoms with Gasteiger partial charge in [0.25, 0.3) is 5.84 Å². The maximum absolute atomic E-state index is 6.14. The predicted molar refractivity (Wildman–Crippen MR) is 106 cm³/mol. The van der Waals surface area contributed by atoms with Gasteiger partial charge in [-0.15, -0.1) is 0 Å². The van der Waals surface area contributed by atoms with Gasteiger partial charge in [0.15, 0.2) is 0 Å². The van der Waals surface area contributed by atoms with Crippen molar-refractivity contribution >= 4 is 23.1 Å². The number of hydrogen-bond acceptors (Lipinski definition) is 1. The highest BCUT2D eigenvalue weighted by Crippen LogP contribution is 2.36. The zero-order valence-electron chi connectivity index (χ0n) is 15.5. The average molecular weight is 359 g/mol. The molecule has 134 valence electrons. The van der Waals surface area contributed by atoms with Crippen LogP contribution in [0.5, 0.6) is 0 Å². The van der Waals surface area contributed by atoms with Gasteiger partial charge < -0.3 is 4.90 Å². The molecule has 1 aromatic rings. The first-order valence-corrected chi connectivity index (χ1v) is 10.1. The number of anilines is 1. The van der Waals surface area contributed by atoms with Gasteiger partial charge in [-0.3, -0.25) is 4.58 Å². The molecule has 3 aliphatic heterocycles. The van der Waals surface area contributed by atoms with E-state index in [4.69, 9.17) is 11.6 Å². The third-order valence-corrected chi connectivity index (χ3v) is 6.02. The molecule has 4 rings (SSSR count). The van der Waals surface area contributed by atoms with E-state index in [0.29, 0.717) is 0 Å². The van der Waals surface area contributed by atoms with Crippen molar-refractivity contribution in [1.82, 2.24) is 4.90 Å². The molecule has 0 spiro atoms. The first kappa shape index (κ1) is 17.0. The second kappa shape index (κ2) is 6.68. The predicted octanol–water partition coefficient (Wildman–Crippen LogP) is 4.51. The first-order chi connectivity index (χ1) is 12.0. The lowest BCUT2D eigenvalue weighted by Gasteiger charge is -2.40. The minimum absolute atomic E-state index is 0.0540. The molecule has 3 heterocycles. The Morgan fingerprint density at radius 1 is 0.960 bits per heavy atom. The summed E-state index contributed by atoms with van der Waals surface area (Å²) in [4.78, 5) is 5.14. The Kier molecular flexibility index (Phi) is 4.53. The van der Waals surface area contributed by atoms with Crippen molar-refractivity contribution in [1.29, 1.82) is 0 Å². The van der Waals surface area contributed by atoms with Gasteiger partial charge in [-0.1, -0.05) is 11.6 Å². The van der Waals surface area contributed by atoms with Gasteiger partial charge in [0.05, 0.1) is 13.1 Å². The molecule has 4 heteroatoms. The molecule has 0 atom stereocenters. The van der Waals surface area contributed by atoms with Crippen LogP contribution in [0.25, 0.3) is 0 Å². The zero-order chi connectivity index (χ0) is 17.4. The second-order valence-corrected chi connectivity index (χ2v) is 8.62. The molecule has 2 fully saturated rings. The summed E-state index contributed by atoms with van der Waals surface area (Å²) in [7, 11) is 0. The van der Waals surface area contributed by atoms with Crippen molar-refractivity contribution in [2.75, 3.05) is 31.1 Å². The second-order valence-electron chi connectivity index (χ2n) is 8.18. The fourth-order valence-corrected chi connectivity index (χ4v) is 4.68. The van der Waals surface area contributed by atoms with Gasteiger partial charge in [-0.2, -0.15) is 0 Å². The van der Waals surface area contributed by atoms with Crippen LogP contribution in [0.4, 0.5) is 5.69 Å². The van der Waals surface area contributed by atoms with Crippen molar-refractivity contribution in [3.05, 3.63) is 41.1 Å². The molecule has 3 aliphatic rings. The molecular weight excluding hydrogens is 330 g/mol. The van der Waals surface area contributed by atoms with Gasteiger partial charge in [-0.25, -0.2) is 4.90 Å². The summed E-state index contributed by atoms with van der Waals surface area (Å²) < 4.78 is 2.57. The van der Waals surface area contributed by atoms with E-state index in [1.807, 2.05) is 12.1 Å². The molecule has 2 saturated heterocycles. The number of likely N-dealkylation sites (tertiary alicyclic amines) is 1. The molecule has 0 saturated carbocycles. The van der Waals surface area contributed by atoms with Gasteiger partial charge >= 0.3 is 0 Å². The van der Waals surface area contributed by atoms with E-state index in [9.17, 15) is 0 Å². The average Bonchev–Trinajstić information content (AvgIpc) is 3.28. The Morgan fingerprint density at radius 3 is 2.24 bits per heavy atom. The highest BCUT2D eigenvalue weighted by molar-refractivity contribution is 6.30. The standard InChI is InChI=1S/C21H29ClN3/c1-21(2)16-19(23-11-3-4-12-23)15-20(24-13-5-6-14-24)25(21)18-9-7-17(22)8-10-18/h7-10,15H,3-6,11-14,16H2,1-2H3/q+1. The van der Waals surface area contributed by atoms with Crippen LogP contribution in [-0.2, 0) is 0 Å². The smallest absolute Gasteiger partial charge is 0.279 e. The lowest BCUT2D eigenvalue weighted by atomic mass is 9.90. The molecule has 0 amide bonds. The SMILES string of the molecule is CC1(C)CC(N2CCCC2)=CC(=[N+]2CCCC2)N1c1ccc(Cl)cc1. The summed E-state index contributed by atoms with van der Waals surface area (Å²) >= 11 is 6.14. The maximum Gasteiger partial charge on any atom is 0.279 e. The van der Waals surface area contributed by atoms with Crippen LogP contribution in [0, 0.1) is 0 Å². The minimum Gasteiger partial charge on any atom is -0.374 e. The van der Waals surface area contributed by atoms with Crippen LogP contribution in [0.3, 0.4) is 0 Å². The molecule has 0 N–H and O–H groups in total. The van der Waals surface area contributed by atoms with E-state index in [2.05, 4.69) is 46.4 Å². The first-order valence-electron chi connectivity index (χ1n) is 9.68. The van der Waals surface area contributed by atoms with Gasteiger partial charge in [0.2, 0.25) is 0 Å². The highest BCUT2D eigenvalue weighted by atomic mass is 35.5. The Bertz CT molecular complexity index is 688. The normalized spacial score (nSPS) is 23.4. The molecule has 0 aliphatic carbocycles. The molecule has 3 nitrogen and oxygen atoms in total. The lowest BCUT2D eigenvalue weighted by molar-refractivity contribution is -0.506. The Balaban J connectivity index is 1.80. The fraction of sp³-hybridized carbons (Fsp3) is 0.571. The summed E-state index contributed by atoms with van der Waals surface area (Å²) in [6.45, 7) is 9.52. The van der Waals surface area contributed by atoms with E-state index in [1.54, 1.807) is 0 Å². The molecule has 0 radical (unpaired) electrons. The van der Waals surface area contributed by atoms with E-state index in [-0.39, 0.29) is 5.54 Å². The minimum atomic E-state index is 0.0540. The number of hydrogen-bond donors (Lipinski definition) is 0. The van der Waals surface area contributed by atoms with Crippen LogP contribution in [0.15, 0.2) is 36.0 Å². The molecule has 1 aromatic carbocycles. The summed E-state index contributed by atoms with van der Waals surface area (Å²) in [6, 6.07) is 8.34.